The Balaban J connectivity index is -0.00000000856. The molecule has 0 fully saturated rings. The standard InChI is InChI=1S/2C4H10N2.C2H5N2.C2H5.CH3N2.CH3.8W/c2*1-4(2)6-5-3;1-3-4-2;1-2;1-3-2;;;;;;;;;/h2*4H,1-3H3;1H2,2H3;1H2,2H3;1H3;1H3;;;;;;;;/q;;4*-1;;;;;;;2*+2. The number of hydrogen-bond acceptors (Lipinski definition) is 7. The van der Waals surface area contributed by atoms with Gasteiger partial charge in [0.05, 0.1) is 12.1 Å². The van der Waals surface area contributed by atoms with Crippen molar-refractivity contribution in [3.05, 3.63) is 26.9 Å². The number of hydrogen-bond donors (Lipinski definition) is 0. The third kappa shape index (κ3) is 259. The zero-order valence-electron chi connectivity index (χ0n) is 19.4. The molecule has 0 aromatic carbocycles. The summed E-state index contributed by atoms with van der Waals surface area (Å²) in [5.41, 5.74) is 7.19. The molecule has 0 atom stereocenters. The van der Waals surface area contributed by atoms with E-state index in [1.807, 2.05) is 27.7 Å². The van der Waals surface area contributed by atoms with Gasteiger partial charge in [0.15, 0.2) is 0 Å². The Morgan fingerprint density at radius 2 is 0.733 bits per heavy atom. The van der Waals surface area contributed by atoms with E-state index in [1.54, 1.807) is 28.1 Å². The van der Waals surface area contributed by atoms with Crippen LogP contribution in [0.1, 0.15) is 34.6 Å². The molecule has 8 nitrogen and oxygen atoms in total. The van der Waals surface area contributed by atoms with Gasteiger partial charge < -0.3 is 30.1 Å². The van der Waals surface area contributed by atoms with E-state index in [2.05, 4.69) is 49.8 Å². The molecule has 0 heterocycles. The summed E-state index contributed by atoms with van der Waals surface area (Å²) in [6, 6.07) is 0.713. The number of azo groups is 3. The first-order chi connectivity index (χ1) is 9.87. The van der Waals surface area contributed by atoms with Gasteiger partial charge in [-0.15, -0.1) is 0 Å². The van der Waals surface area contributed by atoms with E-state index < -0.39 is 0 Å². The molecule has 0 saturated carbocycles. The first-order valence-corrected chi connectivity index (χ1v) is 6.44. The van der Waals surface area contributed by atoms with E-state index in [0.29, 0.717) is 12.1 Å². The van der Waals surface area contributed by atoms with Crippen LogP contribution in [0.4, 0.5) is 0 Å². The van der Waals surface area contributed by atoms with Gasteiger partial charge in [-0.1, -0.05) is 0 Å². The minimum atomic E-state index is 0. The van der Waals surface area contributed by atoms with Crippen LogP contribution in [-0.4, -0.2) is 40.3 Å². The van der Waals surface area contributed by atoms with Crippen molar-refractivity contribution in [2.45, 2.75) is 46.7 Å². The second kappa shape index (κ2) is 118. The van der Waals surface area contributed by atoms with Crippen LogP contribution >= 0.6 is 0 Å². The van der Waals surface area contributed by atoms with Crippen LogP contribution in [0, 0.1) is 21.4 Å². The summed E-state index contributed by atoms with van der Waals surface area (Å²) < 4.78 is 0. The van der Waals surface area contributed by atoms with Gasteiger partial charge in [-0.3, -0.25) is 7.05 Å². The van der Waals surface area contributed by atoms with E-state index >= 15 is 0 Å². The van der Waals surface area contributed by atoms with Crippen LogP contribution in [0.2, 0.25) is 0 Å². The summed E-state index contributed by atoms with van der Waals surface area (Å²) in [6.07, 6.45) is 0. The summed E-state index contributed by atoms with van der Waals surface area (Å²) in [6.45, 7) is 13.0. The molecule has 0 aromatic rings. The molecule has 0 saturated heterocycles. The third-order valence-corrected chi connectivity index (χ3v) is 0.834. The van der Waals surface area contributed by atoms with Crippen LogP contribution in [-0.2, 0) is 169 Å². The SMILES string of the molecule is CN=NC(C)C.CN=NC(C)C.CN=[N-].[CH2-]C.[CH2-]N=NC.[CH3-].[W+2].[W+2].[W].[W].[W].[W].[W].[W]. The molecule has 16 heteroatoms. The summed E-state index contributed by atoms with van der Waals surface area (Å²) in [7, 11) is 9.31. The fraction of sp³-hybridized carbons (Fsp3) is 0.786. The Bertz CT molecular complexity index is 228. The molecule has 30 heavy (non-hydrogen) atoms. The second-order valence-corrected chi connectivity index (χ2v) is 3.36. The zero-order valence-corrected chi connectivity index (χ0v) is 42.9. The molecule has 0 aliphatic rings. The van der Waals surface area contributed by atoms with Gasteiger partial charge in [0.2, 0.25) is 0 Å². The van der Waals surface area contributed by atoms with Crippen LogP contribution in [0.3, 0.4) is 0 Å². The largest absolute Gasteiger partial charge is 2.00 e. The van der Waals surface area contributed by atoms with E-state index in [4.69, 9.17) is 5.53 Å². The Morgan fingerprint density at radius 3 is 0.733 bits per heavy atom. The van der Waals surface area contributed by atoms with Gasteiger partial charge in [-0.25, -0.2) is 5.11 Å². The molecule has 0 amide bonds. The van der Waals surface area contributed by atoms with E-state index in [1.165, 1.54) is 7.05 Å². The fourth-order valence-electron chi connectivity index (χ4n) is 0.462. The second-order valence-electron chi connectivity index (χ2n) is 3.36. The van der Waals surface area contributed by atoms with Crippen molar-refractivity contribution in [3.63, 3.8) is 0 Å². The molecular weight excluding hydrogens is 1750 g/mol. The van der Waals surface area contributed by atoms with Crippen LogP contribution in [0.15, 0.2) is 35.8 Å². The molecule has 0 aliphatic heterocycles. The number of rotatable bonds is 2. The maximum absolute atomic E-state index is 7.19. The van der Waals surface area contributed by atoms with Gasteiger partial charge in [0.25, 0.3) is 0 Å². The van der Waals surface area contributed by atoms with Gasteiger partial charge >= 0.3 is 42.1 Å². The first-order valence-electron chi connectivity index (χ1n) is 6.44. The predicted molar refractivity (Wildman–Crippen MR) is 97.1 cm³/mol. The molecule has 0 N–H and O–H groups in total. The van der Waals surface area contributed by atoms with Crippen molar-refractivity contribution >= 4 is 0 Å². The van der Waals surface area contributed by atoms with Crippen LogP contribution in [0.5, 0.6) is 0 Å². The summed E-state index contributed by atoms with van der Waals surface area (Å²) >= 11 is 0. The molecule has 0 unspecified atom stereocenters. The minimum Gasteiger partial charge on any atom is -0.712 e. The van der Waals surface area contributed by atoms with Crippen molar-refractivity contribution in [1.29, 1.82) is 0 Å². The quantitative estimate of drug-likeness (QED) is 0.249. The predicted octanol–water partition coefficient (Wildman–Crippen LogP) is 5.72. The van der Waals surface area contributed by atoms with E-state index in [-0.39, 0.29) is 176 Å². The molecule has 180 valence electrons. The van der Waals surface area contributed by atoms with E-state index in [0.717, 1.165) is 0 Å². The minimum absolute atomic E-state index is 0. The molecular formula is C14H36N8W8. The van der Waals surface area contributed by atoms with Crippen molar-refractivity contribution in [2.24, 2.45) is 35.8 Å². The van der Waals surface area contributed by atoms with Crippen molar-refractivity contribution in [1.82, 2.24) is 0 Å². The molecule has 0 aromatic heterocycles. The molecule has 0 rings (SSSR count). The maximum Gasteiger partial charge on any atom is 2.00 e. The molecule has 0 spiro atoms. The van der Waals surface area contributed by atoms with Crippen molar-refractivity contribution < 1.29 is 169 Å². The Labute approximate surface area is 301 Å². The van der Waals surface area contributed by atoms with Gasteiger partial charge in [0.1, 0.15) is 0 Å². The van der Waals surface area contributed by atoms with Gasteiger partial charge in [0, 0.05) is 155 Å². The first kappa shape index (κ1) is 92.8. The Hall–Kier alpha value is 3.78. The summed E-state index contributed by atoms with van der Waals surface area (Å²) in [4.78, 5) is 0. The van der Waals surface area contributed by atoms with Crippen LogP contribution < -0.4 is 0 Å². The normalized spacial score (nSPS) is 6.40. The molecule has 0 bridgehead atoms. The van der Waals surface area contributed by atoms with Gasteiger partial charge in [-0.05, 0) is 27.7 Å². The van der Waals surface area contributed by atoms with Crippen molar-refractivity contribution in [3.8, 4) is 0 Å². The molecule has 0 radical (unpaired) electrons. The maximum atomic E-state index is 7.19. The Morgan fingerprint density at radius 1 is 0.600 bits per heavy atom. The average Bonchev–Trinajstić information content (AvgIpc) is 2.42. The third-order valence-electron chi connectivity index (χ3n) is 0.834. The fourth-order valence-corrected chi connectivity index (χ4v) is 0.462. The van der Waals surface area contributed by atoms with Gasteiger partial charge in [-0.2, -0.15) is 27.4 Å². The number of nitrogens with zero attached hydrogens (tertiary/aromatic N) is 8. The smallest absolute Gasteiger partial charge is 0.712 e. The monoisotopic (exact) mass is 1790 g/mol. The van der Waals surface area contributed by atoms with Crippen molar-refractivity contribution in [2.75, 3.05) is 28.2 Å². The molecule has 0 aliphatic carbocycles. The Kier molecular flexibility index (Phi) is 364. The average molecular weight is 1790 g/mol. The zero-order chi connectivity index (χ0) is 18.1. The summed E-state index contributed by atoms with van der Waals surface area (Å²) in [5, 5.41) is 23.5. The van der Waals surface area contributed by atoms with Crippen LogP contribution in [0.25, 0.3) is 5.53 Å². The van der Waals surface area contributed by atoms with E-state index in [9.17, 15) is 0 Å². The summed E-state index contributed by atoms with van der Waals surface area (Å²) in [5.74, 6) is 0. The topological polar surface area (TPSA) is 109 Å².